The van der Waals surface area contributed by atoms with Crippen molar-refractivity contribution in [2.24, 2.45) is 5.41 Å². The molecule has 0 saturated carbocycles. The summed E-state index contributed by atoms with van der Waals surface area (Å²) in [6.45, 7) is 7.57. The highest BCUT2D eigenvalue weighted by Crippen LogP contribution is 2.21. The van der Waals surface area contributed by atoms with Gasteiger partial charge in [-0.05, 0) is 6.92 Å². The molecule has 0 aliphatic rings. The number of aromatic nitrogens is 2. The second-order valence-corrected chi connectivity index (χ2v) is 3.99. The van der Waals surface area contributed by atoms with E-state index in [1.807, 2.05) is 27.7 Å². The van der Waals surface area contributed by atoms with Crippen LogP contribution in [0.1, 0.15) is 36.8 Å². The van der Waals surface area contributed by atoms with E-state index in [4.69, 9.17) is 0 Å². The molecule has 0 fully saturated rings. The fourth-order valence-corrected chi connectivity index (χ4v) is 0.984. The molecule has 3 nitrogen and oxygen atoms in total. The number of rotatable bonds is 1. The molecule has 1 heterocycles. The lowest BCUT2D eigenvalue weighted by Crippen LogP contribution is -2.20. The molecule has 0 amide bonds. The maximum atomic E-state index is 11.7. The molecule has 1 aromatic rings. The molecule has 0 saturated heterocycles. The number of hydrogen-bond acceptors (Lipinski definition) is 2. The van der Waals surface area contributed by atoms with E-state index in [0.717, 1.165) is 5.69 Å². The second kappa shape index (κ2) is 2.73. The molecule has 0 aliphatic heterocycles. The molecule has 0 spiro atoms. The van der Waals surface area contributed by atoms with Gasteiger partial charge in [-0.1, -0.05) is 20.8 Å². The van der Waals surface area contributed by atoms with Gasteiger partial charge < -0.3 is 0 Å². The van der Waals surface area contributed by atoms with Gasteiger partial charge in [0.25, 0.3) is 0 Å². The van der Waals surface area contributed by atoms with Crippen molar-refractivity contribution in [2.75, 3.05) is 0 Å². The third-order valence-electron chi connectivity index (χ3n) is 1.76. The molecule has 3 heteroatoms. The van der Waals surface area contributed by atoms with E-state index in [1.54, 1.807) is 6.20 Å². The number of carbonyl (C=O) groups is 1. The molecule has 0 aromatic carbocycles. The summed E-state index contributed by atoms with van der Waals surface area (Å²) in [6, 6.07) is 0. The van der Waals surface area contributed by atoms with Gasteiger partial charge in [-0.3, -0.25) is 9.89 Å². The van der Waals surface area contributed by atoms with E-state index in [2.05, 4.69) is 10.2 Å². The van der Waals surface area contributed by atoms with Crippen LogP contribution < -0.4 is 0 Å². The van der Waals surface area contributed by atoms with E-state index in [1.165, 1.54) is 0 Å². The van der Waals surface area contributed by atoms with Crippen molar-refractivity contribution in [3.63, 3.8) is 0 Å². The van der Waals surface area contributed by atoms with Crippen molar-refractivity contribution in [3.05, 3.63) is 17.5 Å². The van der Waals surface area contributed by atoms with Crippen LogP contribution in [0, 0.1) is 12.3 Å². The Hall–Kier alpha value is -1.12. The van der Waals surface area contributed by atoms with Crippen LogP contribution >= 0.6 is 0 Å². The van der Waals surface area contributed by atoms with Gasteiger partial charge in [0.15, 0.2) is 5.78 Å². The van der Waals surface area contributed by atoms with Crippen LogP contribution in [-0.2, 0) is 0 Å². The Bertz CT molecular complexity index is 294. The lowest BCUT2D eigenvalue weighted by atomic mass is 9.87. The predicted octanol–water partition coefficient (Wildman–Crippen LogP) is 1.95. The highest BCUT2D eigenvalue weighted by atomic mass is 16.1. The largest absolute Gasteiger partial charge is 0.293 e. The summed E-state index contributed by atoms with van der Waals surface area (Å²) in [5.74, 6) is 0.133. The first kappa shape index (κ1) is 8.97. The Kier molecular flexibility index (Phi) is 2.04. The molecule has 0 atom stereocenters. The molecule has 1 rings (SSSR count). The van der Waals surface area contributed by atoms with Crippen molar-refractivity contribution in [3.8, 4) is 0 Å². The van der Waals surface area contributed by atoms with Gasteiger partial charge in [-0.2, -0.15) is 5.10 Å². The van der Waals surface area contributed by atoms with Gasteiger partial charge in [-0.15, -0.1) is 0 Å². The molecule has 1 N–H and O–H groups in total. The number of carbonyl (C=O) groups excluding carboxylic acids is 1. The lowest BCUT2D eigenvalue weighted by Gasteiger charge is -2.15. The van der Waals surface area contributed by atoms with E-state index < -0.39 is 0 Å². The molecule has 0 aliphatic carbocycles. The van der Waals surface area contributed by atoms with Gasteiger partial charge in [0.05, 0.1) is 11.8 Å². The smallest absolute Gasteiger partial charge is 0.171 e. The maximum Gasteiger partial charge on any atom is 0.171 e. The number of nitrogens with one attached hydrogen (secondary N) is 1. The Morgan fingerprint density at radius 3 is 2.42 bits per heavy atom. The van der Waals surface area contributed by atoms with E-state index in [9.17, 15) is 4.79 Å². The average Bonchev–Trinajstić information content (AvgIpc) is 2.31. The van der Waals surface area contributed by atoms with Crippen molar-refractivity contribution < 1.29 is 4.79 Å². The highest BCUT2D eigenvalue weighted by Gasteiger charge is 2.24. The summed E-state index contributed by atoms with van der Waals surface area (Å²) in [6.07, 6.45) is 1.59. The van der Waals surface area contributed by atoms with Crippen LogP contribution in [0.15, 0.2) is 6.20 Å². The molecule has 0 radical (unpaired) electrons. The van der Waals surface area contributed by atoms with Crippen LogP contribution in [0.3, 0.4) is 0 Å². The average molecular weight is 166 g/mol. The second-order valence-electron chi connectivity index (χ2n) is 3.99. The summed E-state index contributed by atoms with van der Waals surface area (Å²) in [7, 11) is 0. The third-order valence-corrected chi connectivity index (χ3v) is 1.76. The molecule has 1 aromatic heterocycles. The monoisotopic (exact) mass is 166 g/mol. The van der Waals surface area contributed by atoms with Gasteiger partial charge in [0.1, 0.15) is 0 Å². The van der Waals surface area contributed by atoms with Crippen molar-refractivity contribution in [2.45, 2.75) is 27.7 Å². The van der Waals surface area contributed by atoms with Crippen LogP contribution in [-0.4, -0.2) is 16.0 Å². The topological polar surface area (TPSA) is 45.8 Å². The van der Waals surface area contributed by atoms with Crippen LogP contribution in [0.25, 0.3) is 0 Å². The Balaban J connectivity index is 3.01. The summed E-state index contributed by atoms with van der Waals surface area (Å²) >= 11 is 0. The number of aromatic amines is 1. The quantitative estimate of drug-likeness (QED) is 0.648. The molecule has 0 unspecified atom stereocenters. The van der Waals surface area contributed by atoms with Crippen molar-refractivity contribution in [1.29, 1.82) is 0 Å². The standard InChI is InChI=1S/C9H14N2O/c1-6-7(5-10-11-6)8(12)9(2,3)4/h5H,1-4H3,(H,10,11). The Morgan fingerprint density at radius 1 is 1.50 bits per heavy atom. The fraction of sp³-hybridized carbons (Fsp3) is 0.556. The van der Waals surface area contributed by atoms with Gasteiger partial charge >= 0.3 is 0 Å². The molecule has 66 valence electrons. The molecule has 12 heavy (non-hydrogen) atoms. The molecular formula is C9H14N2O. The first-order chi connectivity index (χ1) is 5.43. The van der Waals surface area contributed by atoms with E-state index in [0.29, 0.717) is 5.56 Å². The molecular weight excluding hydrogens is 152 g/mol. The Labute approximate surface area is 72.2 Å². The zero-order chi connectivity index (χ0) is 9.35. The van der Waals surface area contributed by atoms with Crippen LogP contribution in [0.5, 0.6) is 0 Å². The van der Waals surface area contributed by atoms with Gasteiger partial charge in [0, 0.05) is 11.1 Å². The van der Waals surface area contributed by atoms with E-state index in [-0.39, 0.29) is 11.2 Å². The van der Waals surface area contributed by atoms with E-state index >= 15 is 0 Å². The molecule has 0 bridgehead atoms. The van der Waals surface area contributed by atoms with Gasteiger partial charge in [0.2, 0.25) is 0 Å². The minimum absolute atomic E-state index is 0.133. The number of Topliss-reactive ketones (excluding diaryl/α,β-unsaturated/α-hetero) is 1. The fourth-order valence-electron chi connectivity index (χ4n) is 0.984. The highest BCUT2D eigenvalue weighted by molar-refractivity contribution is 6.00. The minimum Gasteiger partial charge on any atom is -0.293 e. The van der Waals surface area contributed by atoms with Gasteiger partial charge in [-0.25, -0.2) is 0 Å². The lowest BCUT2D eigenvalue weighted by molar-refractivity contribution is 0.0857. The number of hydrogen-bond donors (Lipinski definition) is 1. The third kappa shape index (κ3) is 1.55. The number of H-pyrrole nitrogens is 1. The summed E-state index contributed by atoms with van der Waals surface area (Å²) in [5.41, 5.74) is 1.21. The summed E-state index contributed by atoms with van der Waals surface area (Å²) in [5, 5.41) is 6.56. The number of aryl methyl sites for hydroxylation is 1. The number of ketones is 1. The predicted molar refractivity (Wildman–Crippen MR) is 47.1 cm³/mol. The first-order valence-corrected chi connectivity index (χ1v) is 3.97. The van der Waals surface area contributed by atoms with Crippen molar-refractivity contribution in [1.82, 2.24) is 10.2 Å². The number of nitrogens with zero attached hydrogens (tertiary/aromatic N) is 1. The van der Waals surface area contributed by atoms with Crippen molar-refractivity contribution >= 4 is 5.78 Å². The zero-order valence-electron chi connectivity index (χ0n) is 7.93. The summed E-state index contributed by atoms with van der Waals surface area (Å²) in [4.78, 5) is 11.7. The van der Waals surface area contributed by atoms with Crippen LogP contribution in [0.4, 0.5) is 0 Å². The normalized spacial score (nSPS) is 11.7. The Morgan fingerprint density at radius 2 is 2.08 bits per heavy atom. The first-order valence-electron chi connectivity index (χ1n) is 3.97. The maximum absolute atomic E-state index is 11.7. The van der Waals surface area contributed by atoms with Crippen LogP contribution in [0.2, 0.25) is 0 Å². The zero-order valence-corrected chi connectivity index (χ0v) is 7.93. The minimum atomic E-state index is -0.325. The SMILES string of the molecule is Cc1[nH]ncc1C(=O)C(C)(C)C. The summed E-state index contributed by atoms with van der Waals surface area (Å²) < 4.78 is 0.